The molecule has 0 radical (unpaired) electrons. The van der Waals surface area contributed by atoms with E-state index < -0.39 is 12.1 Å². The first kappa shape index (κ1) is 18.7. The molecule has 0 aliphatic heterocycles. The normalized spacial score (nSPS) is 12.9. The van der Waals surface area contributed by atoms with Gasteiger partial charge in [0.1, 0.15) is 6.04 Å². The summed E-state index contributed by atoms with van der Waals surface area (Å²) in [6.45, 7) is 2.05. The number of hydrogen-bond donors (Lipinski definition) is 3. The fourth-order valence-corrected chi connectivity index (χ4v) is 2.61. The third-order valence-electron chi connectivity index (χ3n) is 4.02. The summed E-state index contributed by atoms with van der Waals surface area (Å²) in [4.78, 5) is 24.0. The second-order valence-corrected chi connectivity index (χ2v) is 6.00. The molecule has 25 heavy (non-hydrogen) atoms. The smallest absolute Gasteiger partial charge is 0.321 e. The Morgan fingerprint density at radius 1 is 0.960 bits per heavy atom. The van der Waals surface area contributed by atoms with E-state index in [1.165, 1.54) is 12.6 Å². The highest BCUT2D eigenvalue weighted by molar-refractivity contribution is 5.97. The molecule has 0 aromatic heterocycles. The van der Waals surface area contributed by atoms with Crippen LogP contribution in [0.15, 0.2) is 60.7 Å². The van der Waals surface area contributed by atoms with Crippen LogP contribution >= 0.6 is 0 Å². The molecule has 0 saturated heterocycles. The molecule has 2 rings (SSSR count). The second-order valence-electron chi connectivity index (χ2n) is 6.00. The highest BCUT2D eigenvalue weighted by Gasteiger charge is 2.23. The molecular weight excluding hydrogens is 314 g/mol. The van der Waals surface area contributed by atoms with E-state index in [-0.39, 0.29) is 11.9 Å². The number of nitrogens with one attached hydrogen (secondary N) is 3. The number of carbonyl (C=O) groups excluding carboxylic acids is 2. The Morgan fingerprint density at radius 2 is 1.56 bits per heavy atom. The zero-order valence-corrected chi connectivity index (χ0v) is 14.7. The summed E-state index contributed by atoms with van der Waals surface area (Å²) in [5.74, 6) is -0.364. The summed E-state index contributed by atoms with van der Waals surface area (Å²) in [6.07, 6.45) is 1.81. The van der Waals surface area contributed by atoms with Gasteiger partial charge in [0.25, 0.3) is 0 Å². The van der Waals surface area contributed by atoms with Gasteiger partial charge in [-0.25, -0.2) is 4.79 Å². The summed E-state index contributed by atoms with van der Waals surface area (Å²) in [5, 5.41) is 8.10. The van der Waals surface area contributed by atoms with Crippen LogP contribution in [0.2, 0.25) is 0 Å². The highest BCUT2D eigenvalue weighted by atomic mass is 16.2. The predicted octanol–water partition coefficient (Wildman–Crippen LogP) is 2.79. The number of carbonyl (C=O) groups is 2. The van der Waals surface area contributed by atoms with Crippen molar-refractivity contribution in [1.82, 2.24) is 16.0 Å². The van der Waals surface area contributed by atoms with E-state index in [2.05, 4.69) is 28.1 Å². The topological polar surface area (TPSA) is 70.2 Å². The van der Waals surface area contributed by atoms with Crippen molar-refractivity contribution in [2.75, 3.05) is 7.05 Å². The monoisotopic (exact) mass is 339 g/mol. The highest BCUT2D eigenvalue weighted by Crippen LogP contribution is 2.15. The van der Waals surface area contributed by atoms with Gasteiger partial charge in [0.05, 0.1) is 0 Å². The lowest BCUT2D eigenvalue weighted by Crippen LogP contribution is -2.46. The molecule has 3 amide bonds. The molecule has 5 nitrogen and oxygen atoms in total. The van der Waals surface area contributed by atoms with Crippen LogP contribution in [0.4, 0.5) is 4.79 Å². The number of imide groups is 1. The Bertz CT molecular complexity index is 674. The van der Waals surface area contributed by atoms with E-state index >= 15 is 0 Å². The van der Waals surface area contributed by atoms with Crippen LogP contribution in [0.5, 0.6) is 0 Å². The number of hydrogen-bond acceptors (Lipinski definition) is 3. The summed E-state index contributed by atoms with van der Waals surface area (Å²) in [6, 6.07) is 18.7. The predicted molar refractivity (Wildman–Crippen MR) is 99.1 cm³/mol. The Labute approximate surface area is 148 Å². The van der Waals surface area contributed by atoms with Gasteiger partial charge < -0.3 is 5.32 Å². The van der Waals surface area contributed by atoms with Gasteiger partial charge in [-0.05, 0) is 30.9 Å². The van der Waals surface area contributed by atoms with Crippen molar-refractivity contribution >= 4 is 11.9 Å². The van der Waals surface area contributed by atoms with Gasteiger partial charge in [0.2, 0.25) is 5.91 Å². The first-order valence-corrected chi connectivity index (χ1v) is 8.47. The molecule has 0 aliphatic carbocycles. The molecule has 0 saturated carbocycles. The minimum absolute atomic E-state index is 0.112. The summed E-state index contributed by atoms with van der Waals surface area (Å²) < 4.78 is 0. The van der Waals surface area contributed by atoms with Crippen LogP contribution in [0.1, 0.15) is 30.5 Å². The summed E-state index contributed by atoms with van der Waals surface area (Å²) in [7, 11) is 1.48. The minimum Gasteiger partial charge on any atom is -0.341 e. The first-order valence-electron chi connectivity index (χ1n) is 8.47. The maximum Gasteiger partial charge on any atom is 0.321 e. The van der Waals surface area contributed by atoms with Crippen molar-refractivity contribution in [3.63, 3.8) is 0 Å². The third-order valence-corrected chi connectivity index (χ3v) is 4.02. The van der Waals surface area contributed by atoms with Crippen LogP contribution in [-0.2, 0) is 11.2 Å². The molecule has 0 aliphatic rings. The molecule has 2 aromatic carbocycles. The van der Waals surface area contributed by atoms with Gasteiger partial charge in [0, 0.05) is 13.1 Å². The van der Waals surface area contributed by atoms with Gasteiger partial charge in [-0.2, -0.15) is 0 Å². The van der Waals surface area contributed by atoms with Crippen molar-refractivity contribution in [3.8, 4) is 0 Å². The van der Waals surface area contributed by atoms with Crippen molar-refractivity contribution in [2.24, 2.45) is 0 Å². The molecule has 0 unspecified atom stereocenters. The summed E-state index contributed by atoms with van der Waals surface area (Å²) >= 11 is 0. The Morgan fingerprint density at radius 3 is 2.16 bits per heavy atom. The Kier molecular flexibility index (Phi) is 7.16. The molecule has 0 heterocycles. The largest absolute Gasteiger partial charge is 0.341 e. The molecule has 0 fully saturated rings. The minimum atomic E-state index is -0.579. The lowest BCUT2D eigenvalue weighted by Gasteiger charge is -2.23. The van der Waals surface area contributed by atoms with Gasteiger partial charge in [0.15, 0.2) is 0 Å². The van der Waals surface area contributed by atoms with Gasteiger partial charge in [-0.15, -0.1) is 0 Å². The number of benzene rings is 2. The van der Waals surface area contributed by atoms with Crippen LogP contribution in [0.25, 0.3) is 0 Å². The Hall–Kier alpha value is -2.66. The summed E-state index contributed by atoms with van der Waals surface area (Å²) in [5.41, 5.74) is 2.10. The fourth-order valence-electron chi connectivity index (χ4n) is 2.61. The Balaban J connectivity index is 2.02. The fraction of sp³-hybridized carbons (Fsp3) is 0.300. The van der Waals surface area contributed by atoms with Crippen LogP contribution < -0.4 is 16.0 Å². The van der Waals surface area contributed by atoms with Crippen molar-refractivity contribution in [3.05, 3.63) is 71.8 Å². The maximum absolute atomic E-state index is 12.5. The molecule has 2 aromatic rings. The van der Waals surface area contributed by atoms with E-state index in [0.717, 1.165) is 18.4 Å². The lowest BCUT2D eigenvalue weighted by atomic mass is 10.0. The first-order chi connectivity index (χ1) is 12.1. The van der Waals surface area contributed by atoms with Crippen molar-refractivity contribution in [1.29, 1.82) is 0 Å². The quantitative estimate of drug-likeness (QED) is 0.726. The van der Waals surface area contributed by atoms with Gasteiger partial charge >= 0.3 is 6.03 Å². The molecule has 0 bridgehead atoms. The van der Waals surface area contributed by atoms with E-state index in [1.807, 2.05) is 55.5 Å². The van der Waals surface area contributed by atoms with Gasteiger partial charge in [-0.1, -0.05) is 60.7 Å². The molecule has 132 valence electrons. The SMILES string of the molecule is CNC(=O)NC(=O)[C@H](N[C@@H](C)CCc1ccccc1)c1ccccc1. The number of amides is 3. The second kappa shape index (κ2) is 9.59. The third kappa shape index (κ3) is 6.04. The van der Waals surface area contributed by atoms with E-state index in [9.17, 15) is 9.59 Å². The molecular formula is C20H25N3O2. The molecule has 3 N–H and O–H groups in total. The number of aryl methyl sites for hydroxylation is 1. The van der Waals surface area contributed by atoms with Crippen LogP contribution in [0, 0.1) is 0 Å². The van der Waals surface area contributed by atoms with E-state index in [0.29, 0.717) is 0 Å². The lowest BCUT2D eigenvalue weighted by molar-refractivity contribution is -0.122. The van der Waals surface area contributed by atoms with Gasteiger partial charge in [-0.3, -0.25) is 15.4 Å². The zero-order valence-electron chi connectivity index (χ0n) is 14.7. The molecule has 5 heteroatoms. The maximum atomic E-state index is 12.5. The van der Waals surface area contributed by atoms with E-state index in [1.54, 1.807) is 0 Å². The molecule has 0 spiro atoms. The van der Waals surface area contributed by atoms with E-state index in [4.69, 9.17) is 0 Å². The average molecular weight is 339 g/mol. The number of rotatable bonds is 7. The zero-order chi connectivity index (χ0) is 18.1. The van der Waals surface area contributed by atoms with Crippen LogP contribution in [0.3, 0.4) is 0 Å². The average Bonchev–Trinajstić information content (AvgIpc) is 2.65. The van der Waals surface area contributed by atoms with Crippen LogP contribution in [-0.4, -0.2) is 25.0 Å². The standard InChI is InChI=1S/C20H25N3O2/c1-15(13-14-16-9-5-3-6-10-16)22-18(17-11-7-4-8-12-17)19(24)23-20(25)21-2/h3-12,15,18,22H,13-14H2,1-2H3,(H2,21,23,24,25)/t15-,18+/m0/s1. The molecule has 2 atom stereocenters. The van der Waals surface area contributed by atoms with Crippen molar-refractivity contribution < 1.29 is 9.59 Å². The van der Waals surface area contributed by atoms with Crippen molar-refractivity contribution in [2.45, 2.75) is 31.8 Å². The number of urea groups is 1.